The SMILES string of the molecule is CCNc1nc(Cl)nc(N2CCC(C)(O)CC2)n1. The zero-order chi connectivity index (χ0) is 13.2. The normalized spacial score (nSPS) is 18.8. The van der Waals surface area contributed by atoms with Crippen molar-refractivity contribution in [3.8, 4) is 0 Å². The Hall–Kier alpha value is -1.14. The molecular weight excluding hydrogens is 254 g/mol. The van der Waals surface area contributed by atoms with E-state index in [9.17, 15) is 5.11 Å². The Morgan fingerprint density at radius 2 is 2.00 bits per heavy atom. The highest BCUT2D eigenvalue weighted by Gasteiger charge is 2.28. The number of rotatable bonds is 3. The van der Waals surface area contributed by atoms with Gasteiger partial charge in [0.25, 0.3) is 0 Å². The quantitative estimate of drug-likeness (QED) is 0.863. The van der Waals surface area contributed by atoms with Gasteiger partial charge in [-0.1, -0.05) is 0 Å². The van der Waals surface area contributed by atoms with Crippen LogP contribution in [0.5, 0.6) is 0 Å². The van der Waals surface area contributed by atoms with Crippen molar-refractivity contribution in [2.75, 3.05) is 29.9 Å². The van der Waals surface area contributed by atoms with E-state index in [0.717, 1.165) is 19.6 Å². The lowest BCUT2D eigenvalue weighted by molar-refractivity contribution is 0.0349. The molecule has 0 aromatic carbocycles. The molecule has 1 aliphatic heterocycles. The molecule has 1 aliphatic rings. The van der Waals surface area contributed by atoms with E-state index in [1.54, 1.807) is 0 Å². The van der Waals surface area contributed by atoms with E-state index in [2.05, 4.69) is 20.3 Å². The molecule has 7 heteroatoms. The lowest BCUT2D eigenvalue weighted by atomic mass is 9.94. The van der Waals surface area contributed by atoms with E-state index in [1.807, 2.05) is 18.7 Å². The number of halogens is 1. The van der Waals surface area contributed by atoms with Gasteiger partial charge in [-0.15, -0.1) is 0 Å². The molecule has 0 aliphatic carbocycles. The van der Waals surface area contributed by atoms with Crippen LogP contribution >= 0.6 is 11.6 Å². The smallest absolute Gasteiger partial charge is 0.231 e. The number of nitrogens with zero attached hydrogens (tertiary/aromatic N) is 4. The van der Waals surface area contributed by atoms with Gasteiger partial charge in [0.2, 0.25) is 17.2 Å². The molecule has 18 heavy (non-hydrogen) atoms. The van der Waals surface area contributed by atoms with Crippen LogP contribution in [0.3, 0.4) is 0 Å². The van der Waals surface area contributed by atoms with E-state index in [1.165, 1.54) is 0 Å². The zero-order valence-electron chi connectivity index (χ0n) is 10.6. The van der Waals surface area contributed by atoms with Crippen LogP contribution in [0.2, 0.25) is 5.28 Å². The van der Waals surface area contributed by atoms with Crippen molar-refractivity contribution in [3.05, 3.63) is 5.28 Å². The van der Waals surface area contributed by atoms with Gasteiger partial charge in [-0.25, -0.2) is 0 Å². The van der Waals surface area contributed by atoms with E-state index in [0.29, 0.717) is 24.7 Å². The Bertz CT molecular complexity index is 416. The third-order valence-corrected chi connectivity index (χ3v) is 3.22. The maximum Gasteiger partial charge on any atom is 0.231 e. The number of aromatic nitrogens is 3. The van der Waals surface area contributed by atoms with Crippen LogP contribution in [0.1, 0.15) is 26.7 Å². The monoisotopic (exact) mass is 271 g/mol. The van der Waals surface area contributed by atoms with Crippen LogP contribution in [0, 0.1) is 0 Å². The first-order valence-electron chi connectivity index (χ1n) is 6.13. The zero-order valence-corrected chi connectivity index (χ0v) is 11.4. The number of anilines is 2. The first kappa shape index (κ1) is 13.3. The van der Waals surface area contributed by atoms with Gasteiger partial charge in [-0.2, -0.15) is 15.0 Å². The fourth-order valence-corrected chi connectivity index (χ4v) is 2.06. The Balaban J connectivity index is 2.13. The molecule has 0 unspecified atom stereocenters. The molecule has 0 atom stereocenters. The summed E-state index contributed by atoms with van der Waals surface area (Å²) in [5, 5.41) is 13.1. The maximum atomic E-state index is 9.91. The summed E-state index contributed by atoms with van der Waals surface area (Å²) in [7, 11) is 0. The number of hydrogen-bond donors (Lipinski definition) is 2. The highest BCUT2D eigenvalue weighted by atomic mass is 35.5. The Kier molecular flexibility index (Phi) is 3.87. The molecule has 1 saturated heterocycles. The molecule has 1 fully saturated rings. The predicted octanol–water partition coefficient (Wildman–Crippen LogP) is 1.31. The van der Waals surface area contributed by atoms with Crippen molar-refractivity contribution in [1.82, 2.24) is 15.0 Å². The van der Waals surface area contributed by atoms with E-state index in [4.69, 9.17) is 11.6 Å². The Morgan fingerprint density at radius 1 is 1.33 bits per heavy atom. The highest BCUT2D eigenvalue weighted by molar-refractivity contribution is 6.28. The standard InChI is InChI=1S/C11H18ClN5O/c1-3-13-9-14-8(12)15-10(16-9)17-6-4-11(2,18)5-7-17/h18H,3-7H2,1-2H3,(H,13,14,15,16). The first-order valence-corrected chi connectivity index (χ1v) is 6.51. The molecule has 0 radical (unpaired) electrons. The van der Waals surface area contributed by atoms with E-state index >= 15 is 0 Å². The summed E-state index contributed by atoms with van der Waals surface area (Å²) >= 11 is 5.88. The minimum Gasteiger partial charge on any atom is -0.390 e. The molecule has 1 aromatic rings. The topological polar surface area (TPSA) is 74.2 Å². The number of nitrogens with one attached hydrogen (secondary N) is 1. The largest absolute Gasteiger partial charge is 0.390 e. The molecule has 2 heterocycles. The second-order valence-corrected chi connectivity index (χ2v) is 5.08. The molecule has 100 valence electrons. The van der Waals surface area contributed by atoms with Crippen molar-refractivity contribution < 1.29 is 5.11 Å². The van der Waals surface area contributed by atoms with Crippen molar-refractivity contribution in [1.29, 1.82) is 0 Å². The molecular formula is C11H18ClN5O. The molecule has 0 bridgehead atoms. The van der Waals surface area contributed by atoms with Gasteiger partial charge >= 0.3 is 0 Å². The van der Waals surface area contributed by atoms with Crippen LogP contribution in [0.15, 0.2) is 0 Å². The second kappa shape index (κ2) is 5.24. The summed E-state index contributed by atoms with van der Waals surface area (Å²) in [6, 6.07) is 0. The summed E-state index contributed by atoms with van der Waals surface area (Å²) < 4.78 is 0. The van der Waals surface area contributed by atoms with Gasteiger partial charge in [0, 0.05) is 19.6 Å². The average Bonchev–Trinajstić information content (AvgIpc) is 2.28. The second-order valence-electron chi connectivity index (χ2n) is 4.74. The number of aliphatic hydroxyl groups is 1. The highest BCUT2D eigenvalue weighted by Crippen LogP contribution is 2.24. The summed E-state index contributed by atoms with van der Waals surface area (Å²) in [6.45, 7) is 6.00. The van der Waals surface area contributed by atoms with Crippen molar-refractivity contribution >= 4 is 23.5 Å². The van der Waals surface area contributed by atoms with Crippen molar-refractivity contribution in [3.63, 3.8) is 0 Å². The van der Waals surface area contributed by atoms with Gasteiger partial charge in [-0.05, 0) is 38.3 Å². The van der Waals surface area contributed by atoms with Gasteiger partial charge in [0.05, 0.1) is 5.60 Å². The van der Waals surface area contributed by atoms with Gasteiger partial charge in [0.1, 0.15) is 0 Å². The molecule has 1 aromatic heterocycles. The predicted molar refractivity (Wildman–Crippen MR) is 71.1 cm³/mol. The van der Waals surface area contributed by atoms with Crippen molar-refractivity contribution in [2.45, 2.75) is 32.3 Å². The third kappa shape index (κ3) is 3.20. The number of piperidine rings is 1. The molecule has 6 nitrogen and oxygen atoms in total. The van der Waals surface area contributed by atoms with Crippen LogP contribution in [0.25, 0.3) is 0 Å². The molecule has 0 spiro atoms. The molecule has 2 rings (SSSR count). The van der Waals surface area contributed by atoms with E-state index in [-0.39, 0.29) is 5.28 Å². The lowest BCUT2D eigenvalue weighted by Gasteiger charge is -2.35. The Morgan fingerprint density at radius 3 is 2.61 bits per heavy atom. The van der Waals surface area contributed by atoms with Crippen LogP contribution in [-0.2, 0) is 0 Å². The summed E-state index contributed by atoms with van der Waals surface area (Å²) in [4.78, 5) is 14.5. The number of hydrogen-bond acceptors (Lipinski definition) is 6. The van der Waals surface area contributed by atoms with Gasteiger partial charge < -0.3 is 15.3 Å². The Labute approximate surface area is 111 Å². The van der Waals surface area contributed by atoms with Crippen molar-refractivity contribution in [2.24, 2.45) is 0 Å². The lowest BCUT2D eigenvalue weighted by Crippen LogP contribution is -2.43. The summed E-state index contributed by atoms with van der Waals surface area (Å²) in [5.41, 5.74) is -0.585. The van der Waals surface area contributed by atoms with Crippen LogP contribution in [-0.4, -0.2) is 45.3 Å². The average molecular weight is 272 g/mol. The molecule has 2 N–H and O–H groups in total. The molecule has 0 amide bonds. The first-order chi connectivity index (χ1) is 8.50. The minimum atomic E-state index is -0.585. The summed E-state index contributed by atoms with van der Waals surface area (Å²) in [5.74, 6) is 1.06. The van der Waals surface area contributed by atoms with E-state index < -0.39 is 5.60 Å². The maximum absolute atomic E-state index is 9.91. The van der Waals surface area contributed by atoms with Gasteiger partial charge in [0.15, 0.2) is 0 Å². The van der Waals surface area contributed by atoms with Crippen LogP contribution in [0.4, 0.5) is 11.9 Å². The summed E-state index contributed by atoms with van der Waals surface area (Å²) in [6.07, 6.45) is 1.40. The minimum absolute atomic E-state index is 0.188. The van der Waals surface area contributed by atoms with Crippen LogP contribution < -0.4 is 10.2 Å². The van der Waals surface area contributed by atoms with Gasteiger partial charge in [-0.3, -0.25) is 0 Å². The fourth-order valence-electron chi connectivity index (χ4n) is 1.91. The fraction of sp³-hybridized carbons (Fsp3) is 0.727. The third-order valence-electron chi connectivity index (χ3n) is 3.05. The molecule has 0 saturated carbocycles.